The quantitative estimate of drug-likeness (QED) is 0.346. The Morgan fingerprint density at radius 3 is 2.40 bits per heavy atom. The summed E-state index contributed by atoms with van der Waals surface area (Å²) in [5.74, 6) is 0.761. The third-order valence-corrected chi connectivity index (χ3v) is 5.98. The Morgan fingerprint density at radius 1 is 0.900 bits per heavy atom. The minimum absolute atomic E-state index is 0.0143. The first-order valence-corrected chi connectivity index (χ1v) is 10.6. The van der Waals surface area contributed by atoms with E-state index in [1.807, 2.05) is 81.4 Å². The zero-order valence-electron chi connectivity index (χ0n) is 17.5. The molecule has 0 fully saturated rings. The predicted octanol–water partition coefficient (Wildman–Crippen LogP) is 6.77. The Kier molecular flexibility index (Phi) is 5.60. The van der Waals surface area contributed by atoms with Gasteiger partial charge in [0.05, 0.1) is 18.3 Å². The minimum atomic E-state index is 0.0143. The van der Waals surface area contributed by atoms with Gasteiger partial charge in [-0.05, 0) is 74.5 Å². The third kappa shape index (κ3) is 4.10. The van der Waals surface area contributed by atoms with Gasteiger partial charge < -0.3 is 4.74 Å². The highest BCUT2D eigenvalue weighted by molar-refractivity contribution is 8.14. The van der Waals surface area contributed by atoms with Crippen LogP contribution in [-0.2, 0) is 0 Å². The SMILES string of the molecule is COc1cccc(-c2cc(C(=O)Sc3ccc(C)cc3)c3cc(C)cc(C)c3n2)c1. The summed E-state index contributed by atoms with van der Waals surface area (Å²) in [4.78, 5) is 19.2. The second-order valence-corrected chi connectivity index (χ2v) is 8.51. The molecule has 0 radical (unpaired) electrons. The first-order valence-electron chi connectivity index (χ1n) is 9.80. The van der Waals surface area contributed by atoms with Crippen LogP contribution < -0.4 is 4.74 Å². The molecule has 0 bridgehead atoms. The van der Waals surface area contributed by atoms with Gasteiger partial charge in [-0.2, -0.15) is 0 Å². The normalized spacial score (nSPS) is 10.9. The number of methoxy groups -OCH3 is 1. The summed E-state index contributed by atoms with van der Waals surface area (Å²) in [6.07, 6.45) is 0. The number of fused-ring (bicyclic) bond motifs is 1. The van der Waals surface area contributed by atoms with Gasteiger partial charge in [0, 0.05) is 21.4 Å². The van der Waals surface area contributed by atoms with Gasteiger partial charge in [0.1, 0.15) is 5.75 Å². The molecule has 0 atom stereocenters. The van der Waals surface area contributed by atoms with Crippen molar-refractivity contribution in [2.24, 2.45) is 0 Å². The lowest BCUT2D eigenvalue weighted by atomic mass is 10.0. The molecule has 4 heteroatoms. The van der Waals surface area contributed by atoms with Crippen molar-refractivity contribution in [3.8, 4) is 17.0 Å². The van der Waals surface area contributed by atoms with Crippen molar-refractivity contribution >= 4 is 27.8 Å². The Bertz CT molecular complexity index is 1250. The average Bonchev–Trinajstić information content (AvgIpc) is 2.74. The zero-order valence-corrected chi connectivity index (χ0v) is 18.3. The van der Waals surface area contributed by atoms with Crippen LogP contribution in [0.5, 0.6) is 5.75 Å². The van der Waals surface area contributed by atoms with Crippen molar-refractivity contribution in [2.45, 2.75) is 25.7 Å². The predicted molar refractivity (Wildman–Crippen MR) is 125 cm³/mol. The molecule has 30 heavy (non-hydrogen) atoms. The molecule has 0 aliphatic rings. The molecule has 4 aromatic rings. The van der Waals surface area contributed by atoms with Crippen molar-refractivity contribution in [3.05, 3.63) is 89.0 Å². The number of carbonyl (C=O) groups excluding carboxylic acids is 1. The van der Waals surface area contributed by atoms with Crippen LogP contribution in [0.2, 0.25) is 0 Å². The van der Waals surface area contributed by atoms with Gasteiger partial charge in [0.25, 0.3) is 0 Å². The number of hydrogen-bond acceptors (Lipinski definition) is 4. The topological polar surface area (TPSA) is 39.2 Å². The van der Waals surface area contributed by atoms with E-state index < -0.39 is 0 Å². The van der Waals surface area contributed by atoms with E-state index in [0.717, 1.165) is 43.9 Å². The van der Waals surface area contributed by atoms with Crippen LogP contribution in [0, 0.1) is 20.8 Å². The lowest BCUT2D eigenvalue weighted by molar-refractivity contribution is 0.109. The van der Waals surface area contributed by atoms with Crippen LogP contribution in [0.4, 0.5) is 0 Å². The first kappa shape index (κ1) is 20.2. The summed E-state index contributed by atoms with van der Waals surface area (Å²) in [6.45, 7) is 6.13. The minimum Gasteiger partial charge on any atom is -0.497 e. The van der Waals surface area contributed by atoms with Gasteiger partial charge in [0.2, 0.25) is 5.12 Å². The molecular formula is C26H23NO2S. The van der Waals surface area contributed by atoms with E-state index >= 15 is 0 Å². The zero-order chi connectivity index (χ0) is 21.3. The Morgan fingerprint density at radius 2 is 1.67 bits per heavy atom. The number of carbonyl (C=O) groups is 1. The van der Waals surface area contributed by atoms with Gasteiger partial charge in [-0.1, -0.05) is 41.5 Å². The van der Waals surface area contributed by atoms with Crippen molar-refractivity contribution in [3.63, 3.8) is 0 Å². The lowest BCUT2D eigenvalue weighted by Crippen LogP contribution is -2.00. The van der Waals surface area contributed by atoms with E-state index in [4.69, 9.17) is 9.72 Å². The van der Waals surface area contributed by atoms with Crippen molar-refractivity contribution in [2.75, 3.05) is 7.11 Å². The summed E-state index contributed by atoms with van der Waals surface area (Å²) in [6, 6.07) is 21.8. The molecule has 0 spiro atoms. The second-order valence-electron chi connectivity index (χ2n) is 7.47. The van der Waals surface area contributed by atoms with Crippen LogP contribution in [-0.4, -0.2) is 17.2 Å². The number of pyridine rings is 1. The van der Waals surface area contributed by atoms with Crippen LogP contribution in [0.25, 0.3) is 22.2 Å². The molecule has 0 saturated heterocycles. The fourth-order valence-corrected chi connectivity index (χ4v) is 4.31. The highest BCUT2D eigenvalue weighted by Crippen LogP contribution is 2.33. The highest BCUT2D eigenvalue weighted by Gasteiger charge is 2.17. The molecule has 3 nitrogen and oxygen atoms in total. The number of benzene rings is 3. The molecule has 0 unspecified atom stereocenters. The summed E-state index contributed by atoms with van der Waals surface area (Å²) < 4.78 is 5.37. The fraction of sp³-hybridized carbons (Fsp3) is 0.154. The molecule has 150 valence electrons. The summed E-state index contributed by atoms with van der Waals surface area (Å²) >= 11 is 1.25. The van der Waals surface area contributed by atoms with Gasteiger partial charge in [0.15, 0.2) is 0 Å². The maximum absolute atomic E-state index is 13.4. The van der Waals surface area contributed by atoms with Crippen molar-refractivity contribution in [1.82, 2.24) is 4.98 Å². The van der Waals surface area contributed by atoms with Gasteiger partial charge in [-0.15, -0.1) is 0 Å². The Balaban J connectivity index is 1.87. The van der Waals surface area contributed by atoms with Gasteiger partial charge in [-0.3, -0.25) is 4.79 Å². The summed E-state index contributed by atoms with van der Waals surface area (Å²) in [7, 11) is 1.65. The second kappa shape index (κ2) is 8.33. The van der Waals surface area contributed by atoms with E-state index in [1.54, 1.807) is 7.11 Å². The molecule has 0 saturated carbocycles. The number of aromatic nitrogens is 1. The number of aryl methyl sites for hydroxylation is 3. The van der Waals surface area contributed by atoms with Crippen LogP contribution >= 0.6 is 11.8 Å². The highest BCUT2D eigenvalue weighted by atomic mass is 32.2. The standard InChI is InChI=1S/C26H23NO2S/c1-16-8-10-21(11-9-16)30-26(28)23-15-24(19-6-5-7-20(14-19)29-4)27-25-18(3)12-17(2)13-22(23)25/h5-15H,1-4H3. The number of nitrogens with zero attached hydrogens (tertiary/aromatic N) is 1. The van der Waals surface area contributed by atoms with E-state index in [1.165, 1.54) is 17.3 Å². The number of ether oxygens (including phenoxy) is 1. The van der Waals surface area contributed by atoms with E-state index in [0.29, 0.717) is 5.56 Å². The molecular weight excluding hydrogens is 390 g/mol. The number of rotatable bonds is 4. The summed E-state index contributed by atoms with van der Waals surface area (Å²) in [5.41, 5.74) is 6.57. The van der Waals surface area contributed by atoms with Crippen molar-refractivity contribution in [1.29, 1.82) is 0 Å². The molecule has 4 rings (SSSR count). The van der Waals surface area contributed by atoms with Crippen LogP contribution in [0.3, 0.4) is 0 Å². The third-order valence-electron chi connectivity index (χ3n) is 5.07. The molecule has 3 aromatic carbocycles. The molecule has 0 aliphatic carbocycles. The van der Waals surface area contributed by atoms with Crippen LogP contribution in [0.15, 0.2) is 71.6 Å². The number of hydrogen-bond donors (Lipinski definition) is 0. The maximum atomic E-state index is 13.4. The molecule has 1 aromatic heterocycles. The Labute approximate surface area is 181 Å². The number of thioether (sulfide) groups is 1. The summed E-state index contributed by atoms with van der Waals surface area (Å²) in [5, 5.41) is 0.907. The van der Waals surface area contributed by atoms with E-state index in [2.05, 4.69) is 6.07 Å². The van der Waals surface area contributed by atoms with E-state index in [9.17, 15) is 4.79 Å². The molecule has 0 aliphatic heterocycles. The molecule has 0 amide bonds. The first-order chi connectivity index (χ1) is 14.4. The monoisotopic (exact) mass is 413 g/mol. The Hall–Kier alpha value is -3.11. The van der Waals surface area contributed by atoms with Gasteiger partial charge in [-0.25, -0.2) is 4.98 Å². The lowest BCUT2D eigenvalue weighted by Gasteiger charge is -2.12. The average molecular weight is 414 g/mol. The smallest absolute Gasteiger partial charge is 0.224 e. The fourth-order valence-electron chi connectivity index (χ4n) is 3.55. The van der Waals surface area contributed by atoms with Gasteiger partial charge >= 0.3 is 0 Å². The van der Waals surface area contributed by atoms with Crippen LogP contribution in [0.1, 0.15) is 27.0 Å². The molecule has 0 N–H and O–H groups in total. The van der Waals surface area contributed by atoms with Crippen molar-refractivity contribution < 1.29 is 9.53 Å². The largest absolute Gasteiger partial charge is 0.497 e. The molecule has 1 heterocycles. The maximum Gasteiger partial charge on any atom is 0.224 e. The van der Waals surface area contributed by atoms with E-state index in [-0.39, 0.29) is 5.12 Å².